The van der Waals surface area contributed by atoms with Crippen LogP contribution in [0.1, 0.15) is 37.4 Å². The molecule has 2 saturated heterocycles. The number of fused-ring (bicyclic) bond motifs is 2. The van der Waals surface area contributed by atoms with Crippen molar-refractivity contribution in [3.63, 3.8) is 0 Å². The largest absolute Gasteiger partial charge is 0.460 e. The Hall–Kier alpha value is -1.39. The Morgan fingerprint density at radius 1 is 1.25 bits per heavy atom. The summed E-state index contributed by atoms with van der Waals surface area (Å²) in [6, 6.07) is 10.0. The number of hydrogen-bond acceptors (Lipinski definition) is 4. The van der Waals surface area contributed by atoms with E-state index in [-0.39, 0.29) is 6.10 Å². The number of nitrogens with zero attached hydrogens (tertiary/aromatic N) is 1. The number of aliphatic hydroxyl groups excluding tert-OH is 1. The summed E-state index contributed by atoms with van der Waals surface area (Å²) in [5.74, 6) is -0.523. The first kappa shape index (κ1) is 13.6. The zero-order chi connectivity index (χ0) is 14.1. The highest BCUT2D eigenvalue weighted by molar-refractivity contribution is 5.76. The van der Waals surface area contributed by atoms with E-state index in [2.05, 4.69) is 11.9 Å². The molecule has 2 aliphatic rings. The number of ether oxygens (including phenoxy) is 1. The van der Waals surface area contributed by atoms with Gasteiger partial charge in [-0.15, -0.1) is 0 Å². The first-order chi connectivity index (χ1) is 9.65. The first-order valence-corrected chi connectivity index (χ1v) is 7.30. The Balaban J connectivity index is 1.60. The highest BCUT2D eigenvalue weighted by atomic mass is 16.6. The van der Waals surface area contributed by atoms with Gasteiger partial charge in [0.05, 0.1) is 0 Å². The predicted octanol–water partition coefficient (Wildman–Crippen LogP) is 1.89. The zero-order valence-corrected chi connectivity index (χ0v) is 11.7. The van der Waals surface area contributed by atoms with Gasteiger partial charge in [0.1, 0.15) is 6.10 Å². The standard InChI is InChI=1S/C16H21NO3/c1-17-12-7-8-13(17)10-14(9-12)20-16(19)15(18)11-5-3-2-4-6-11/h2-6,12-15,18H,7-10H2,1H3/t12-,13+,14?,15-/m1/s1. The van der Waals surface area contributed by atoms with Crippen molar-refractivity contribution >= 4 is 5.97 Å². The van der Waals surface area contributed by atoms with Gasteiger partial charge in [0.2, 0.25) is 0 Å². The van der Waals surface area contributed by atoms with Crippen LogP contribution in [0, 0.1) is 0 Å². The number of carbonyl (C=O) groups excluding carboxylic acids is 1. The average molecular weight is 275 g/mol. The van der Waals surface area contributed by atoms with Gasteiger partial charge in [0, 0.05) is 12.1 Å². The number of piperidine rings is 1. The minimum absolute atomic E-state index is 0.0467. The molecule has 20 heavy (non-hydrogen) atoms. The van der Waals surface area contributed by atoms with E-state index in [0.717, 1.165) is 12.8 Å². The Bertz CT molecular complexity index is 462. The molecule has 3 rings (SSSR count). The van der Waals surface area contributed by atoms with Crippen LogP contribution in [0.5, 0.6) is 0 Å². The van der Waals surface area contributed by atoms with Crippen molar-refractivity contribution in [3.05, 3.63) is 35.9 Å². The first-order valence-electron chi connectivity index (χ1n) is 7.30. The summed E-state index contributed by atoms with van der Waals surface area (Å²) in [4.78, 5) is 14.4. The van der Waals surface area contributed by atoms with Crippen molar-refractivity contribution in [2.45, 2.75) is 50.0 Å². The van der Waals surface area contributed by atoms with Crippen LogP contribution in [0.4, 0.5) is 0 Å². The van der Waals surface area contributed by atoms with Crippen molar-refractivity contribution in [1.82, 2.24) is 4.90 Å². The molecule has 2 aliphatic heterocycles. The smallest absolute Gasteiger partial charge is 0.339 e. The Labute approximate surface area is 119 Å². The third-order valence-corrected chi connectivity index (χ3v) is 4.68. The molecular formula is C16H21NO3. The predicted molar refractivity (Wildman–Crippen MR) is 75.1 cm³/mol. The van der Waals surface area contributed by atoms with Crippen LogP contribution >= 0.6 is 0 Å². The van der Waals surface area contributed by atoms with Crippen LogP contribution in [0.25, 0.3) is 0 Å². The SMILES string of the molecule is CN1[C@@H]2CC[C@H]1CC(OC(=O)[C@H](O)c1ccccc1)C2. The van der Waals surface area contributed by atoms with Gasteiger partial charge in [0.15, 0.2) is 6.10 Å². The van der Waals surface area contributed by atoms with Crippen LogP contribution < -0.4 is 0 Å². The quantitative estimate of drug-likeness (QED) is 0.856. The van der Waals surface area contributed by atoms with E-state index in [1.54, 1.807) is 12.1 Å². The maximum atomic E-state index is 12.0. The Morgan fingerprint density at radius 2 is 1.85 bits per heavy atom. The van der Waals surface area contributed by atoms with Gasteiger partial charge in [-0.2, -0.15) is 0 Å². The van der Waals surface area contributed by atoms with Gasteiger partial charge >= 0.3 is 5.97 Å². The Morgan fingerprint density at radius 3 is 2.45 bits per heavy atom. The van der Waals surface area contributed by atoms with Gasteiger partial charge in [-0.25, -0.2) is 4.79 Å². The number of hydrogen-bond donors (Lipinski definition) is 1. The molecule has 0 aliphatic carbocycles. The van der Waals surface area contributed by atoms with E-state index in [0.29, 0.717) is 17.6 Å². The maximum Gasteiger partial charge on any atom is 0.339 e. The molecule has 1 unspecified atom stereocenters. The van der Waals surface area contributed by atoms with E-state index < -0.39 is 12.1 Å². The van der Waals surface area contributed by atoms with Crippen LogP contribution in [0.3, 0.4) is 0 Å². The molecule has 4 atom stereocenters. The van der Waals surface area contributed by atoms with Gasteiger partial charge in [-0.3, -0.25) is 0 Å². The summed E-state index contributed by atoms with van der Waals surface area (Å²) < 4.78 is 5.52. The summed E-state index contributed by atoms with van der Waals surface area (Å²) in [5, 5.41) is 10.0. The van der Waals surface area contributed by atoms with Crippen LogP contribution in [-0.2, 0) is 9.53 Å². The number of aliphatic hydroxyl groups is 1. The third kappa shape index (κ3) is 2.58. The molecule has 0 amide bonds. The molecule has 4 nitrogen and oxygen atoms in total. The molecule has 0 saturated carbocycles. The molecule has 1 aromatic rings. The van der Waals surface area contributed by atoms with E-state index in [1.165, 1.54) is 12.8 Å². The molecule has 0 aromatic heterocycles. The molecule has 0 radical (unpaired) electrons. The normalized spacial score (nSPS) is 31.0. The van der Waals surface area contributed by atoms with Crippen molar-refractivity contribution in [2.75, 3.05) is 7.05 Å². The fourth-order valence-corrected chi connectivity index (χ4v) is 3.46. The second-order valence-corrected chi connectivity index (χ2v) is 5.89. The second kappa shape index (κ2) is 5.54. The summed E-state index contributed by atoms with van der Waals surface area (Å²) in [5.41, 5.74) is 0.591. The van der Waals surface area contributed by atoms with Crippen molar-refractivity contribution < 1.29 is 14.6 Å². The second-order valence-electron chi connectivity index (χ2n) is 5.89. The molecule has 1 N–H and O–H groups in total. The lowest BCUT2D eigenvalue weighted by Crippen LogP contribution is -2.43. The lowest BCUT2D eigenvalue weighted by molar-refractivity contribution is -0.162. The summed E-state index contributed by atoms with van der Waals surface area (Å²) in [6.07, 6.45) is 2.94. The van der Waals surface area contributed by atoms with Gasteiger partial charge in [0.25, 0.3) is 0 Å². The lowest BCUT2D eigenvalue weighted by atomic mass is 10.0. The molecule has 108 valence electrons. The van der Waals surface area contributed by atoms with E-state index >= 15 is 0 Å². The molecule has 1 aromatic carbocycles. The lowest BCUT2D eigenvalue weighted by Gasteiger charge is -2.36. The molecule has 2 bridgehead atoms. The fraction of sp³-hybridized carbons (Fsp3) is 0.562. The summed E-state index contributed by atoms with van der Waals surface area (Å²) in [7, 11) is 2.15. The molecule has 4 heteroatoms. The minimum Gasteiger partial charge on any atom is -0.460 e. The maximum absolute atomic E-state index is 12.0. The number of carbonyl (C=O) groups is 1. The van der Waals surface area contributed by atoms with Crippen LogP contribution in [0.2, 0.25) is 0 Å². The number of rotatable bonds is 3. The van der Waals surface area contributed by atoms with Gasteiger partial charge in [-0.1, -0.05) is 30.3 Å². The topological polar surface area (TPSA) is 49.8 Å². The molecular weight excluding hydrogens is 254 g/mol. The fourth-order valence-electron chi connectivity index (χ4n) is 3.46. The average Bonchev–Trinajstić information content (AvgIpc) is 2.69. The zero-order valence-electron chi connectivity index (χ0n) is 11.7. The number of benzene rings is 1. The Kier molecular flexibility index (Phi) is 3.76. The highest BCUT2D eigenvalue weighted by Gasteiger charge is 2.40. The molecule has 0 spiro atoms. The number of esters is 1. The van der Waals surface area contributed by atoms with Gasteiger partial charge < -0.3 is 14.7 Å². The third-order valence-electron chi connectivity index (χ3n) is 4.68. The van der Waals surface area contributed by atoms with Crippen LogP contribution in [-0.4, -0.2) is 41.2 Å². The van der Waals surface area contributed by atoms with E-state index in [1.807, 2.05) is 18.2 Å². The summed E-state index contributed by atoms with van der Waals surface area (Å²) >= 11 is 0. The molecule has 2 heterocycles. The van der Waals surface area contributed by atoms with Crippen molar-refractivity contribution in [2.24, 2.45) is 0 Å². The van der Waals surface area contributed by atoms with Crippen LogP contribution in [0.15, 0.2) is 30.3 Å². The van der Waals surface area contributed by atoms with E-state index in [4.69, 9.17) is 4.74 Å². The van der Waals surface area contributed by atoms with E-state index in [9.17, 15) is 9.90 Å². The van der Waals surface area contributed by atoms with Gasteiger partial charge in [-0.05, 0) is 38.3 Å². The minimum atomic E-state index is -1.17. The summed E-state index contributed by atoms with van der Waals surface area (Å²) in [6.45, 7) is 0. The van der Waals surface area contributed by atoms with Crippen molar-refractivity contribution in [1.29, 1.82) is 0 Å². The van der Waals surface area contributed by atoms with Crippen molar-refractivity contribution in [3.8, 4) is 0 Å². The molecule has 2 fully saturated rings. The monoisotopic (exact) mass is 275 g/mol. The highest BCUT2D eigenvalue weighted by Crippen LogP contribution is 2.35.